The second kappa shape index (κ2) is 5.31. The zero-order chi connectivity index (χ0) is 11.5. The van der Waals surface area contributed by atoms with E-state index in [-0.39, 0.29) is 0 Å². The topological polar surface area (TPSA) is 20.3 Å². The first-order valence-corrected chi connectivity index (χ1v) is 6.92. The quantitative estimate of drug-likeness (QED) is 0.733. The van der Waals surface area contributed by atoms with Gasteiger partial charge in [0.1, 0.15) is 5.78 Å². The van der Waals surface area contributed by atoms with Crippen LogP contribution >= 0.6 is 0 Å². The van der Waals surface area contributed by atoms with E-state index in [0.717, 1.165) is 44.1 Å². The molecule has 2 fully saturated rings. The van der Waals surface area contributed by atoms with Gasteiger partial charge in [-0.2, -0.15) is 0 Å². The highest BCUT2D eigenvalue weighted by Gasteiger charge is 2.27. The van der Waals surface area contributed by atoms with Crippen molar-refractivity contribution in [2.24, 2.45) is 17.8 Å². The lowest BCUT2D eigenvalue weighted by Gasteiger charge is -2.35. The van der Waals surface area contributed by atoms with Crippen LogP contribution in [0.15, 0.2) is 0 Å². The standard InChI is InChI=1S/C14H25NO/c1-11-6-8-15(10-12(11)2)9-7-13-4-3-5-14(13)16/h11-13H,3-10H2,1-2H3. The SMILES string of the molecule is CC1CCN(CCC2CCCC2=O)CC1C. The summed E-state index contributed by atoms with van der Waals surface area (Å²) < 4.78 is 0. The van der Waals surface area contributed by atoms with Gasteiger partial charge in [0.15, 0.2) is 0 Å². The van der Waals surface area contributed by atoms with E-state index in [1.807, 2.05) is 0 Å². The van der Waals surface area contributed by atoms with Gasteiger partial charge in [-0.25, -0.2) is 0 Å². The largest absolute Gasteiger partial charge is 0.303 e. The maximum absolute atomic E-state index is 11.5. The molecule has 2 heteroatoms. The third-order valence-electron chi connectivity index (χ3n) is 4.64. The number of ketones is 1. The number of nitrogens with zero attached hydrogens (tertiary/aromatic N) is 1. The molecule has 2 rings (SSSR count). The van der Waals surface area contributed by atoms with Crippen molar-refractivity contribution in [3.8, 4) is 0 Å². The zero-order valence-corrected chi connectivity index (χ0v) is 10.7. The number of Topliss-reactive ketones (excluding diaryl/α,β-unsaturated/α-hetero) is 1. The highest BCUT2D eigenvalue weighted by Crippen LogP contribution is 2.26. The third kappa shape index (κ3) is 2.85. The number of hydrogen-bond acceptors (Lipinski definition) is 2. The summed E-state index contributed by atoms with van der Waals surface area (Å²) in [6, 6.07) is 0. The molecule has 1 aliphatic heterocycles. The fourth-order valence-corrected chi connectivity index (χ4v) is 3.08. The highest BCUT2D eigenvalue weighted by atomic mass is 16.1. The molecule has 1 saturated heterocycles. The molecule has 0 aromatic rings. The molecule has 0 spiro atoms. The second-order valence-corrected chi connectivity index (χ2v) is 5.89. The van der Waals surface area contributed by atoms with Crippen LogP contribution in [0.25, 0.3) is 0 Å². The summed E-state index contributed by atoms with van der Waals surface area (Å²) in [6.07, 6.45) is 5.58. The van der Waals surface area contributed by atoms with E-state index in [2.05, 4.69) is 18.7 Å². The van der Waals surface area contributed by atoms with E-state index in [4.69, 9.17) is 0 Å². The van der Waals surface area contributed by atoms with Crippen molar-refractivity contribution in [3.05, 3.63) is 0 Å². The molecule has 0 aromatic carbocycles. The van der Waals surface area contributed by atoms with Gasteiger partial charge < -0.3 is 4.90 Å². The van der Waals surface area contributed by atoms with Crippen LogP contribution in [-0.4, -0.2) is 30.3 Å². The lowest BCUT2D eigenvalue weighted by molar-refractivity contribution is -0.120. The van der Waals surface area contributed by atoms with Gasteiger partial charge in [-0.05, 0) is 50.6 Å². The minimum absolute atomic E-state index is 0.398. The van der Waals surface area contributed by atoms with Crippen molar-refractivity contribution in [2.75, 3.05) is 19.6 Å². The molecule has 0 aromatic heterocycles. The van der Waals surface area contributed by atoms with Crippen LogP contribution in [0, 0.1) is 17.8 Å². The Labute approximate surface area is 99.4 Å². The van der Waals surface area contributed by atoms with Gasteiger partial charge >= 0.3 is 0 Å². The minimum Gasteiger partial charge on any atom is -0.303 e. The van der Waals surface area contributed by atoms with Gasteiger partial charge in [0.25, 0.3) is 0 Å². The maximum Gasteiger partial charge on any atom is 0.136 e. The molecule has 0 radical (unpaired) electrons. The Bertz CT molecular complexity index is 251. The number of rotatable bonds is 3. The molecule has 0 bridgehead atoms. The molecule has 1 saturated carbocycles. The van der Waals surface area contributed by atoms with Gasteiger partial charge in [0.05, 0.1) is 0 Å². The van der Waals surface area contributed by atoms with Gasteiger partial charge in [-0.3, -0.25) is 4.79 Å². The molecule has 2 aliphatic rings. The van der Waals surface area contributed by atoms with E-state index in [1.165, 1.54) is 19.5 Å². The summed E-state index contributed by atoms with van der Waals surface area (Å²) >= 11 is 0. The summed E-state index contributed by atoms with van der Waals surface area (Å²) in [7, 11) is 0. The third-order valence-corrected chi connectivity index (χ3v) is 4.64. The number of likely N-dealkylation sites (tertiary alicyclic amines) is 1. The smallest absolute Gasteiger partial charge is 0.136 e. The molecule has 1 heterocycles. The van der Waals surface area contributed by atoms with E-state index in [0.29, 0.717) is 11.7 Å². The Hall–Kier alpha value is -0.370. The Morgan fingerprint density at radius 2 is 2.06 bits per heavy atom. The Balaban J connectivity index is 1.72. The van der Waals surface area contributed by atoms with Crippen molar-refractivity contribution in [1.82, 2.24) is 4.90 Å². The Morgan fingerprint density at radius 1 is 1.25 bits per heavy atom. The molecule has 2 nitrogen and oxygen atoms in total. The molecule has 3 atom stereocenters. The molecule has 3 unspecified atom stereocenters. The predicted octanol–water partition coefficient (Wildman–Crippen LogP) is 2.72. The number of piperidine rings is 1. The van der Waals surface area contributed by atoms with Crippen molar-refractivity contribution < 1.29 is 4.79 Å². The monoisotopic (exact) mass is 223 g/mol. The Morgan fingerprint density at radius 3 is 2.69 bits per heavy atom. The van der Waals surface area contributed by atoms with Crippen LogP contribution in [0.5, 0.6) is 0 Å². The summed E-state index contributed by atoms with van der Waals surface area (Å²) in [5.41, 5.74) is 0. The summed E-state index contributed by atoms with van der Waals surface area (Å²) in [5.74, 6) is 2.63. The highest BCUT2D eigenvalue weighted by molar-refractivity contribution is 5.82. The van der Waals surface area contributed by atoms with Crippen LogP contribution in [-0.2, 0) is 4.79 Å². The van der Waals surface area contributed by atoms with Gasteiger partial charge in [0.2, 0.25) is 0 Å². The van der Waals surface area contributed by atoms with Crippen LogP contribution in [0.1, 0.15) is 46.0 Å². The van der Waals surface area contributed by atoms with E-state index < -0.39 is 0 Å². The summed E-state index contributed by atoms with van der Waals surface area (Å²) in [4.78, 5) is 14.1. The first kappa shape index (κ1) is 12.1. The molecular formula is C14H25NO. The molecule has 16 heavy (non-hydrogen) atoms. The van der Waals surface area contributed by atoms with E-state index >= 15 is 0 Å². The normalized spacial score (nSPS) is 36.9. The van der Waals surface area contributed by atoms with Crippen LogP contribution in [0.3, 0.4) is 0 Å². The summed E-state index contributed by atoms with van der Waals surface area (Å²) in [5, 5.41) is 0. The van der Waals surface area contributed by atoms with Gasteiger partial charge in [0, 0.05) is 18.9 Å². The van der Waals surface area contributed by atoms with Crippen LogP contribution in [0.2, 0.25) is 0 Å². The van der Waals surface area contributed by atoms with Gasteiger partial charge in [-0.1, -0.05) is 13.8 Å². The first-order chi connectivity index (χ1) is 7.66. The van der Waals surface area contributed by atoms with Crippen LogP contribution in [0.4, 0.5) is 0 Å². The van der Waals surface area contributed by atoms with Gasteiger partial charge in [-0.15, -0.1) is 0 Å². The molecule has 0 N–H and O–H groups in total. The fourth-order valence-electron chi connectivity index (χ4n) is 3.08. The van der Waals surface area contributed by atoms with Crippen molar-refractivity contribution >= 4 is 5.78 Å². The second-order valence-electron chi connectivity index (χ2n) is 5.89. The molecule has 92 valence electrons. The lowest BCUT2D eigenvalue weighted by atomic mass is 9.88. The minimum atomic E-state index is 0.398. The number of carbonyl (C=O) groups excluding carboxylic acids is 1. The van der Waals surface area contributed by atoms with Crippen molar-refractivity contribution in [1.29, 1.82) is 0 Å². The lowest BCUT2D eigenvalue weighted by Crippen LogP contribution is -2.39. The zero-order valence-electron chi connectivity index (χ0n) is 10.7. The van der Waals surface area contributed by atoms with Crippen molar-refractivity contribution in [3.63, 3.8) is 0 Å². The average Bonchev–Trinajstić information content (AvgIpc) is 2.66. The fraction of sp³-hybridized carbons (Fsp3) is 0.929. The van der Waals surface area contributed by atoms with E-state index in [1.54, 1.807) is 0 Å². The van der Waals surface area contributed by atoms with Crippen molar-refractivity contribution in [2.45, 2.75) is 46.0 Å². The molecule has 0 amide bonds. The number of hydrogen-bond donors (Lipinski definition) is 0. The van der Waals surface area contributed by atoms with E-state index in [9.17, 15) is 4.79 Å². The molecular weight excluding hydrogens is 198 g/mol. The first-order valence-electron chi connectivity index (χ1n) is 6.92. The Kier molecular flexibility index (Phi) is 4.01. The maximum atomic E-state index is 11.5. The van der Waals surface area contributed by atoms with Crippen LogP contribution < -0.4 is 0 Å². The average molecular weight is 223 g/mol. The summed E-state index contributed by atoms with van der Waals surface area (Å²) in [6.45, 7) is 8.35. The molecule has 1 aliphatic carbocycles. The number of carbonyl (C=O) groups is 1. The predicted molar refractivity (Wildman–Crippen MR) is 66.4 cm³/mol.